The lowest BCUT2D eigenvalue weighted by atomic mass is 9.86. The van der Waals surface area contributed by atoms with Crippen molar-refractivity contribution in [1.29, 1.82) is 5.26 Å². The van der Waals surface area contributed by atoms with E-state index in [-0.39, 0.29) is 5.54 Å². The van der Waals surface area contributed by atoms with E-state index in [1.165, 1.54) is 25.7 Å². The van der Waals surface area contributed by atoms with E-state index in [1.807, 2.05) is 19.2 Å². The molecule has 1 heterocycles. The maximum atomic E-state index is 9.67. The van der Waals surface area contributed by atoms with Gasteiger partial charge in [0.05, 0.1) is 6.07 Å². The van der Waals surface area contributed by atoms with Crippen molar-refractivity contribution in [3.05, 3.63) is 18.0 Å². The van der Waals surface area contributed by atoms with Gasteiger partial charge in [0.25, 0.3) is 0 Å². The SMILES string of the molecule is Cc1ccnc(SCCC2CCCC2(C#N)NC2CC2)n1. The van der Waals surface area contributed by atoms with Gasteiger partial charge in [-0.1, -0.05) is 18.2 Å². The molecule has 0 aliphatic heterocycles. The quantitative estimate of drug-likeness (QED) is 0.646. The number of nitriles is 1. The minimum absolute atomic E-state index is 0.269. The van der Waals surface area contributed by atoms with Gasteiger partial charge in [-0.15, -0.1) is 0 Å². The zero-order valence-corrected chi connectivity index (χ0v) is 13.3. The van der Waals surface area contributed by atoms with Gasteiger partial charge < -0.3 is 0 Å². The summed E-state index contributed by atoms with van der Waals surface area (Å²) in [6, 6.07) is 5.12. The molecule has 2 fully saturated rings. The second kappa shape index (κ2) is 6.33. The second-order valence-corrected chi connectivity index (χ2v) is 7.27. The number of hydrogen-bond donors (Lipinski definition) is 1. The third-order valence-corrected chi connectivity index (χ3v) is 5.42. The molecule has 112 valence electrons. The van der Waals surface area contributed by atoms with Crippen molar-refractivity contribution < 1.29 is 0 Å². The van der Waals surface area contributed by atoms with Gasteiger partial charge in [-0.2, -0.15) is 5.26 Å². The highest BCUT2D eigenvalue weighted by atomic mass is 32.2. The maximum Gasteiger partial charge on any atom is 0.187 e. The van der Waals surface area contributed by atoms with Crippen molar-refractivity contribution in [2.24, 2.45) is 5.92 Å². The fourth-order valence-electron chi connectivity index (χ4n) is 3.22. The van der Waals surface area contributed by atoms with Crippen molar-refractivity contribution in [1.82, 2.24) is 15.3 Å². The number of thioether (sulfide) groups is 1. The molecule has 0 saturated heterocycles. The molecule has 0 spiro atoms. The van der Waals surface area contributed by atoms with Crippen molar-refractivity contribution >= 4 is 11.8 Å². The number of nitrogens with one attached hydrogen (secondary N) is 1. The number of nitrogens with zero attached hydrogens (tertiary/aromatic N) is 3. The standard InChI is InChI=1S/C16H22N4S/c1-12-6-9-18-15(19-12)21-10-7-13-3-2-8-16(13,11-17)20-14-4-5-14/h6,9,13-14,20H,2-5,7-8,10H2,1H3. The lowest BCUT2D eigenvalue weighted by Crippen LogP contribution is -2.48. The first-order chi connectivity index (χ1) is 10.2. The molecule has 2 aliphatic carbocycles. The predicted octanol–water partition coefficient (Wildman–Crippen LogP) is 3.08. The van der Waals surface area contributed by atoms with Crippen molar-refractivity contribution in [2.45, 2.75) is 62.2 Å². The third-order valence-electron chi connectivity index (χ3n) is 4.53. The Hall–Kier alpha value is -1.12. The maximum absolute atomic E-state index is 9.67. The van der Waals surface area contributed by atoms with Gasteiger partial charge in [0, 0.05) is 23.7 Å². The second-order valence-electron chi connectivity index (χ2n) is 6.21. The van der Waals surface area contributed by atoms with Crippen LogP contribution in [-0.2, 0) is 0 Å². The van der Waals surface area contributed by atoms with E-state index in [1.54, 1.807) is 11.8 Å². The Morgan fingerprint density at radius 1 is 1.48 bits per heavy atom. The molecule has 0 aromatic carbocycles. The molecular weight excluding hydrogens is 280 g/mol. The van der Waals surface area contributed by atoms with Crippen LogP contribution < -0.4 is 5.32 Å². The Balaban J connectivity index is 1.55. The van der Waals surface area contributed by atoms with E-state index in [0.717, 1.165) is 29.4 Å². The first kappa shape index (κ1) is 14.8. The number of rotatable bonds is 6. The molecule has 2 aliphatic rings. The summed E-state index contributed by atoms with van der Waals surface area (Å²) in [7, 11) is 0. The van der Waals surface area contributed by atoms with E-state index in [4.69, 9.17) is 0 Å². The number of aromatic nitrogens is 2. The summed E-state index contributed by atoms with van der Waals surface area (Å²) in [6.07, 6.45) is 8.70. The fourth-order valence-corrected chi connectivity index (χ4v) is 4.15. The van der Waals surface area contributed by atoms with Crippen LogP contribution in [0.4, 0.5) is 0 Å². The van der Waals surface area contributed by atoms with Crippen LogP contribution in [0.1, 0.15) is 44.2 Å². The molecule has 0 radical (unpaired) electrons. The predicted molar refractivity (Wildman–Crippen MR) is 84.0 cm³/mol. The zero-order chi connectivity index (χ0) is 14.7. The van der Waals surface area contributed by atoms with Crippen LogP contribution in [-0.4, -0.2) is 27.3 Å². The van der Waals surface area contributed by atoms with Crippen LogP contribution in [0.5, 0.6) is 0 Å². The largest absolute Gasteiger partial charge is 0.296 e. The molecule has 0 bridgehead atoms. The summed E-state index contributed by atoms with van der Waals surface area (Å²) in [4.78, 5) is 8.71. The molecule has 21 heavy (non-hydrogen) atoms. The Morgan fingerprint density at radius 2 is 2.33 bits per heavy atom. The normalized spacial score (nSPS) is 28.5. The average molecular weight is 302 g/mol. The number of hydrogen-bond acceptors (Lipinski definition) is 5. The van der Waals surface area contributed by atoms with Crippen molar-refractivity contribution in [3.63, 3.8) is 0 Å². The van der Waals surface area contributed by atoms with Crippen LogP contribution in [0.3, 0.4) is 0 Å². The topological polar surface area (TPSA) is 61.6 Å². The van der Waals surface area contributed by atoms with Gasteiger partial charge in [0.2, 0.25) is 0 Å². The molecule has 2 atom stereocenters. The lowest BCUT2D eigenvalue weighted by Gasteiger charge is -2.30. The first-order valence-corrected chi connectivity index (χ1v) is 8.82. The van der Waals surface area contributed by atoms with Crippen LogP contribution in [0.15, 0.2) is 17.4 Å². The third kappa shape index (κ3) is 3.56. The molecule has 3 rings (SSSR count). The zero-order valence-electron chi connectivity index (χ0n) is 12.5. The van der Waals surface area contributed by atoms with Gasteiger partial charge in [-0.05, 0) is 51.0 Å². The lowest BCUT2D eigenvalue weighted by molar-refractivity contribution is 0.308. The summed E-state index contributed by atoms with van der Waals surface area (Å²) in [6.45, 7) is 1.99. The highest BCUT2D eigenvalue weighted by molar-refractivity contribution is 7.99. The van der Waals surface area contributed by atoms with Gasteiger partial charge in [-0.3, -0.25) is 5.32 Å². The molecule has 0 amide bonds. The highest BCUT2D eigenvalue weighted by Gasteiger charge is 2.45. The summed E-state index contributed by atoms with van der Waals surface area (Å²) >= 11 is 1.71. The molecule has 1 aromatic rings. The molecule has 2 unspecified atom stereocenters. The summed E-state index contributed by atoms with van der Waals surface area (Å²) in [5, 5.41) is 14.1. The number of aryl methyl sites for hydroxylation is 1. The highest BCUT2D eigenvalue weighted by Crippen LogP contribution is 2.40. The molecule has 4 nitrogen and oxygen atoms in total. The summed E-state index contributed by atoms with van der Waals surface area (Å²) in [5.41, 5.74) is 0.741. The molecule has 1 aromatic heterocycles. The van der Waals surface area contributed by atoms with E-state index < -0.39 is 0 Å². The Bertz CT molecular complexity index is 537. The minimum atomic E-state index is -0.269. The van der Waals surface area contributed by atoms with E-state index in [2.05, 4.69) is 21.4 Å². The van der Waals surface area contributed by atoms with E-state index in [9.17, 15) is 5.26 Å². The average Bonchev–Trinajstić information content (AvgIpc) is 3.20. The van der Waals surface area contributed by atoms with Gasteiger partial charge in [-0.25, -0.2) is 9.97 Å². The summed E-state index contributed by atoms with van der Waals surface area (Å²) < 4.78 is 0. The monoisotopic (exact) mass is 302 g/mol. The Kier molecular flexibility index (Phi) is 4.46. The van der Waals surface area contributed by atoms with E-state index in [0.29, 0.717) is 12.0 Å². The first-order valence-electron chi connectivity index (χ1n) is 7.83. The molecular formula is C16H22N4S. The van der Waals surface area contributed by atoms with E-state index >= 15 is 0 Å². The smallest absolute Gasteiger partial charge is 0.187 e. The summed E-state index contributed by atoms with van der Waals surface area (Å²) in [5.74, 6) is 1.46. The van der Waals surface area contributed by atoms with Crippen LogP contribution >= 0.6 is 11.8 Å². The minimum Gasteiger partial charge on any atom is -0.296 e. The molecule has 5 heteroatoms. The fraction of sp³-hybridized carbons (Fsp3) is 0.688. The van der Waals surface area contributed by atoms with Crippen molar-refractivity contribution in [2.75, 3.05) is 5.75 Å². The van der Waals surface area contributed by atoms with Crippen LogP contribution in [0.2, 0.25) is 0 Å². The Morgan fingerprint density at radius 3 is 3.05 bits per heavy atom. The van der Waals surface area contributed by atoms with Crippen LogP contribution in [0.25, 0.3) is 0 Å². The molecule has 1 N–H and O–H groups in total. The van der Waals surface area contributed by atoms with Crippen molar-refractivity contribution in [3.8, 4) is 6.07 Å². The molecule has 2 saturated carbocycles. The van der Waals surface area contributed by atoms with Crippen LogP contribution in [0, 0.1) is 24.2 Å². The Labute approximate surface area is 130 Å². The van der Waals surface area contributed by atoms with Gasteiger partial charge in [0.1, 0.15) is 5.54 Å². The van der Waals surface area contributed by atoms with Gasteiger partial charge in [0.15, 0.2) is 5.16 Å². The van der Waals surface area contributed by atoms with Gasteiger partial charge >= 0.3 is 0 Å².